The van der Waals surface area contributed by atoms with Crippen LogP contribution in [0.3, 0.4) is 0 Å². The number of hydrogen-bond acceptors (Lipinski definition) is 5. The number of likely N-dealkylation sites (N-methyl/N-ethyl adjacent to an activating group) is 1. The molecule has 1 aliphatic rings. The van der Waals surface area contributed by atoms with E-state index < -0.39 is 29.0 Å². The molecule has 0 fully saturated rings. The lowest BCUT2D eigenvalue weighted by molar-refractivity contribution is -0.135. The second-order valence-corrected chi connectivity index (χ2v) is 7.16. The maximum Gasteiger partial charge on any atom is 0.413 e. The SMILES string of the molecule is CN1CC(NC(=O)OC(C)(C)C)=NC(C)(c2cc(N)ccc2F)C1=O. The van der Waals surface area contributed by atoms with Gasteiger partial charge in [0.15, 0.2) is 5.54 Å². The van der Waals surface area contributed by atoms with Crippen LogP contribution in [0, 0.1) is 5.82 Å². The van der Waals surface area contributed by atoms with Crippen molar-refractivity contribution in [1.29, 1.82) is 0 Å². The van der Waals surface area contributed by atoms with Gasteiger partial charge in [0.25, 0.3) is 5.91 Å². The minimum absolute atomic E-state index is 0.0486. The van der Waals surface area contributed by atoms with Crippen LogP contribution in [0.25, 0.3) is 0 Å². The highest BCUT2D eigenvalue weighted by Crippen LogP contribution is 2.33. The van der Waals surface area contributed by atoms with E-state index >= 15 is 0 Å². The molecule has 7 nitrogen and oxygen atoms in total. The van der Waals surface area contributed by atoms with E-state index in [1.165, 1.54) is 30.0 Å². The average molecular weight is 350 g/mol. The Bertz CT molecular complexity index is 742. The third-order valence-corrected chi connectivity index (χ3v) is 3.67. The van der Waals surface area contributed by atoms with Crippen molar-refractivity contribution in [3.8, 4) is 0 Å². The number of nitrogens with zero attached hydrogens (tertiary/aromatic N) is 2. The Hall–Kier alpha value is -2.64. The zero-order chi connectivity index (χ0) is 19.0. The van der Waals surface area contributed by atoms with Crippen LogP contribution in [-0.4, -0.2) is 41.9 Å². The summed E-state index contributed by atoms with van der Waals surface area (Å²) in [5, 5.41) is 2.53. The number of rotatable bonds is 1. The molecule has 1 heterocycles. The van der Waals surface area contributed by atoms with Gasteiger partial charge in [-0.2, -0.15) is 0 Å². The van der Waals surface area contributed by atoms with E-state index in [0.29, 0.717) is 5.69 Å². The summed E-state index contributed by atoms with van der Waals surface area (Å²) in [6, 6.07) is 3.97. The van der Waals surface area contributed by atoms with Gasteiger partial charge in [0.2, 0.25) is 0 Å². The molecular weight excluding hydrogens is 327 g/mol. The summed E-state index contributed by atoms with van der Waals surface area (Å²) in [4.78, 5) is 30.3. The van der Waals surface area contributed by atoms with Crippen molar-refractivity contribution in [3.05, 3.63) is 29.6 Å². The number of halogens is 1. The molecule has 0 aliphatic carbocycles. The summed E-state index contributed by atoms with van der Waals surface area (Å²) < 4.78 is 19.5. The summed E-state index contributed by atoms with van der Waals surface area (Å²) in [5.74, 6) is -0.784. The fourth-order valence-corrected chi connectivity index (χ4v) is 2.60. The van der Waals surface area contributed by atoms with Gasteiger partial charge >= 0.3 is 6.09 Å². The molecule has 1 aromatic carbocycles. The predicted molar refractivity (Wildman–Crippen MR) is 92.6 cm³/mol. The Morgan fingerprint density at radius 2 is 2.08 bits per heavy atom. The first-order valence-corrected chi connectivity index (χ1v) is 7.82. The number of amides is 2. The van der Waals surface area contributed by atoms with Crippen molar-refractivity contribution in [3.63, 3.8) is 0 Å². The average Bonchev–Trinajstić information content (AvgIpc) is 2.45. The zero-order valence-corrected chi connectivity index (χ0v) is 15.0. The summed E-state index contributed by atoms with van der Waals surface area (Å²) >= 11 is 0. The standard InChI is InChI=1S/C17H23FN4O3/c1-16(2,3)25-15(24)20-13-9-22(5)14(23)17(4,21-13)11-8-10(19)6-7-12(11)18/h6-8H,9,19H2,1-5H3,(H,20,21,24). The number of alkyl carbamates (subject to hydrolysis) is 1. The highest BCUT2D eigenvalue weighted by Gasteiger charge is 2.43. The lowest BCUT2D eigenvalue weighted by Gasteiger charge is -2.35. The fourth-order valence-electron chi connectivity index (χ4n) is 2.60. The number of nitrogens with two attached hydrogens (primary N) is 1. The van der Waals surface area contributed by atoms with Crippen LogP contribution < -0.4 is 11.1 Å². The minimum Gasteiger partial charge on any atom is -0.444 e. The van der Waals surface area contributed by atoms with Crippen LogP contribution in [-0.2, 0) is 15.1 Å². The van der Waals surface area contributed by atoms with Gasteiger partial charge < -0.3 is 15.4 Å². The first-order chi connectivity index (χ1) is 11.4. The molecule has 1 aromatic rings. The van der Waals surface area contributed by atoms with Gasteiger partial charge in [0.05, 0.1) is 6.54 Å². The molecule has 0 saturated heterocycles. The summed E-state index contributed by atoms with van der Waals surface area (Å²) in [6.07, 6.45) is -0.690. The van der Waals surface area contributed by atoms with Gasteiger partial charge in [-0.1, -0.05) is 0 Å². The third-order valence-electron chi connectivity index (χ3n) is 3.67. The molecule has 8 heteroatoms. The van der Waals surface area contributed by atoms with Crippen molar-refractivity contribution in [2.45, 2.75) is 38.8 Å². The van der Waals surface area contributed by atoms with E-state index in [1.54, 1.807) is 27.8 Å². The number of nitrogen functional groups attached to an aromatic ring is 1. The van der Waals surface area contributed by atoms with Crippen molar-refractivity contribution in [1.82, 2.24) is 10.2 Å². The molecule has 1 atom stereocenters. The number of carbonyl (C=O) groups is 2. The first-order valence-electron chi connectivity index (χ1n) is 7.82. The molecule has 0 aromatic heterocycles. The highest BCUT2D eigenvalue weighted by molar-refractivity contribution is 6.03. The molecule has 136 valence electrons. The number of nitrogens with one attached hydrogen (secondary N) is 1. The lowest BCUT2D eigenvalue weighted by Crippen LogP contribution is -2.53. The zero-order valence-electron chi connectivity index (χ0n) is 15.0. The van der Waals surface area contributed by atoms with E-state index in [1.807, 2.05) is 0 Å². The first kappa shape index (κ1) is 18.7. The van der Waals surface area contributed by atoms with E-state index in [-0.39, 0.29) is 17.9 Å². The van der Waals surface area contributed by atoms with Crippen molar-refractivity contribution in [2.75, 3.05) is 19.3 Å². The third kappa shape index (κ3) is 4.07. The monoisotopic (exact) mass is 350 g/mol. The summed E-state index contributed by atoms with van der Waals surface area (Å²) in [7, 11) is 1.55. The Morgan fingerprint density at radius 3 is 2.68 bits per heavy atom. The Kier molecular flexibility index (Phi) is 4.74. The maximum atomic E-state index is 14.3. The van der Waals surface area contributed by atoms with E-state index in [4.69, 9.17) is 10.5 Å². The van der Waals surface area contributed by atoms with Crippen LogP contribution in [0.2, 0.25) is 0 Å². The number of carbonyl (C=O) groups excluding carboxylic acids is 2. The largest absolute Gasteiger partial charge is 0.444 e. The molecule has 25 heavy (non-hydrogen) atoms. The van der Waals surface area contributed by atoms with Crippen LogP contribution in [0.4, 0.5) is 14.9 Å². The van der Waals surface area contributed by atoms with Gasteiger partial charge in [-0.05, 0) is 45.9 Å². The number of amidine groups is 1. The molecule has 0 radical (unpaired) electrons. The fraction of sp³-hybridized carbons (Fsp3) is 0.471. The van der Waals surface area contributed by atoms with Crippen molar-refractivity contribution < 1.29 is 18.7 Å². The second-order valence-electron chi connectivity index (χ2n) is 7.16. The second kappa shape index (κ2) is 6.34. The van der Waals surface area contributed by atoms with Crippen LogP contribution in [0.15, 0.2) is 23.2 Å². The van der Waals surface area contributed by atoms with Gasteiger partial charge in [-0.3, -0.25) is 10.1 Å². The van der Waals surface area contributed by atoms with Gasteiger partial charge in [-0.15, -0.1) is 0 Å². The Morgan fingerprint density at radius 1 is 1.44 bits per heavy atom. The predicted octanol–water partition coefficient (Wildman–Crippen LogP) is 2.02. The van der Waals surface area contributed by atoms with Crippen LogP contribution in [0.1, 0.15) is 33.3 Å². The molecule has 1 unspecified atom stereocenters. The Balaban J connectivity index is 2.40. The molecule has 2 amide bonds. The van der Waals surface area contributed by atoms with Crippen LogP contribution >= 0.6 is 0 Å². The van der Waals surface area contributed by atoms with E-state index in [9.17, 15) is 14.0 Å². The lowest BCUT2D eigenvalue weighted by atomic mass is 9.89. The van der Waals surface area contributed by atoms with Crippen molar-refractivity contribution in [2.24, 2.45) is 4.99 Å². The quantitative estimate of drug-likeness (QED) is 0.757. The summed E-state index contributed by atoms with van der Waals surface area (Å²) in [5.41, 5.74) is 3.88. The van der Waals surface area contributed by atoms with E-state index in [0.717, 1.165) is 0 Å². The Labute approximate surface area is 146 Å². The number of aliphatic imine (C=N–C) groups is 1. The maximum absolute atomic E-state index is 14.3. The number of anilines is 1. The molecular formula is C17H23FN4O3. The van der Waals surface area contributed by atoms with Crippen LogP contribution in [0.5, 0.6) is 0 Å². The topological polar surface area (TPSA) is 97.0 Å². The molecule has 0 spiro atoms. The van der Waals surface area contributed by atoms with Gasteiger partial charge in [0, 0.05) is 18.3 Å². The smallest absolute Gasteiger partial charge is 0.413 e. The minimum atomic E-state index is -1.53. The van der Waals surface area contributed by atoms with Gasteiger partial charge in [-0.25, -0.2) is 14.2 Å². The number of ether oxygens (including phenoxy) is 1. The van der Waals surface area contributed by atoms with E-state index in [2.05, 4.69) is 10.3 Å². The molecule has 0 saturated carbocycles. The molecule has 0 bridgehead atoms. The number of benzene rings is 1. The normalized spacial score (nSPS) is 21.0. The number of hydrogen-bond donors (Lipinski definition) is 2. The molecule has 1 aliphatic heterocycles. The molecule has 2 rings (SSSR count). The summed E-state index contributed by atoms with van der Waals surface area (Å²) in [6.45, 7) is 6.77. The highest BCUT2D eigenvalue weighted by atomic mass is 19.1. The molecule has 3 N–H and O–H groups in total. The van der Waals surface area contributed by atoms with Gasteiger partial charge in [0.1, 0.15) is 17.3 Å². The van der Waals surface area contributed by atoms with Crippen molar-refractivity contribution >= 4 is 23.5 Å².